The summed E-state index contributed by atoms with van der Waals surface area (Å²) in [6, 6.07) is 8.05. The number of benzene rings is 2. The molecule has 0 spiro atoms. The minimum absolute atomic E-state index is 0. The largest absolute Gasteiger partial charge is 0.299 e. The van der Waals surface area contributed by atoms with Crippen LogP contribution in [0, 0.1) is 35.2 Å². The quantitative estimate of drug-likeness (QED) is 0.132. The maximum absolute atomic E-state index is 13.5. The van der Waals surface area contributed by atoms with Gasteiger partial charge in [0.05, 0.1) is 0 Å². The van der Waals surface area contributed by atoms with Crippen molar-refractivity contribution in [1.82, 2.24) is 0 Å². The van der Waals surface area contributed by atoms with Crippen LogP contribution in [-0.2, 0) is 27.1 Å². The maximum atomic E-state index is 13.5. The Morgan fingerprint density at radius 3 is 1.77 bits per heavy atom. The summed E-state index contributed by atoms with van der Waals surface area (Å²) in [4.78, 5) is 3.41. The van der Waals surface area contributed by atoms with Crippen molar-refractivity contribution in [3.05, 3.63) is 64.5 Å². The van der Waals surface area contributed by atoms with E-state index in [9.17, 15) is 22.0 Å². The fraction of sp³-hybridized carbons (Fsp3) is 0.235. The molecule has 0 fully saturated rings. The first-order valence-corrected chi connectivity index (χ1v) is 6.71. The van der Waals surface area contributed by atoms with Crippen LogP contribution >= 0.6 is 24.8 Å². The van der Waals surface area contributed by atoms with Crippen molar-refractivity contribution >= 4 is 36.7 Å². The molecule has 1 nitrogen and oxygen atoms in total. The van der Waals surface area contributed by atoms with Gasteiger partial charge >= 0.3 is 0 Å². The third-order valence-electron chi connectivity index (χ3n) is 3.15. The van der Waals surface area contributed by atoms with E-state index < -0.39 is 34.8 Å². The van der Waals surface area contributed by atoms with Crippen molar-refractivity contribution in [2.75, 3.05) is 0 Å². The summed E-state index contributed by atoms with van der Waals surface area (Å²) in [6.45, 7) is 5.84. The van der Waals surface area contributed by atoms with Crippen LogP contribution in [0.2, 0.25) is 0 Å². The Hall–Kier alpha value is -0.946. The van der Waals surface area contributed by atoms with Crippen LogP contribution in [0.25, 0.3) is 0 Å². The molecule has 0 radical (unpaired) electrons. The average molecular weight is 447 g/mol. The molecular weight excluding hydrogens is 432 g/mol. The Morgan fingerprint density at radius 1 is 0.846 bits per heavy atom. The third-order valence-corrected chi connectivity index (χ3v) is 3.15. The molecule has 0 amide bonds. The van der Waals surface area contributed by atoms with Gasteiger partial charge in [0.25, 0.3) is 0 Å². The van der Waals surface area contributed by atoms with E-state index in [0.717, 1.165) is 11.8 Å². The molecule has 0 aliphatic rings. The Kier molecular flexibility index (Phi) is 10.9. The van der Waals surface area contributed by atoms with Crippen molar-refractivity contribution < 1.29 is 43.7 Å². The van der Waals surface area contributed by atoms with E-state index in [0.29, 0.717) is 5.56 Å². The van der Waals surface area contributed by atoms with Crippen molar-refractivity contribution in [3.8, 4) is 0 Å². The van der Waals surface area contributed by atoms with E-state index >= 15 is 0 Å². The van der Waals surface area contributed by atoms with Crippen molar-refractivity contribution in [3.63, 3.8) is 0 Å². The van der Waals surface area contributed by atoms with E-state index in [1.54, 1.807) is 12.1 Å². The molecule has 0 saturated carbocycles. The van der Waals surface area contributed by atoms with Crippen LogP contribution in [0.5, 0.6) is 0 Å². The van der Waals surface area contributed by atoms with Crippen LogP contribution < -0.4 is 0 Å². The van der Waals surface area contributed by atoms with Gasteiger partial charge in [-0.25, -0.2) is 22.0 Å². The molecule has 0 aliphatic heterocycles. The fourth-order valence-electron chi connectivity index (χ4n) is 1.84. The van der Waals surface area contributed by atoms with E-state index in [-0.39, 0.29) is 51.9 Å². The van der Waals surface area contributed by atoms with E-state index in [1.807, 2.05) is 26.8 Å². The minimum atomic E-state index is -2.21. The number of hydrogen-bond acceptors (Lipinski definition) is 1. The van der Waals surface area contributed by atoms with Gasteiger partial charge in [-0.1, -0.05) is 20.8 Å². The van der Waals surface area contributed by atoms with Gasteiger partial charge in [-0.2, -0.15) is 0 Å². The number of rotatable bonds is 2. The summed E-state index contributed by atoms with van der Waals surface area (Å²) in [5.41, 5.74) is -0.259. The molecule has 9 heteroatoms. The molecule has 0 aromatic heterocycles. The van der Waals surface area contributed by atoms with Crippen LogP contribution in [0.15, 0.2) is 23.2 Å². The second-order valence-electron chi connectivity index (χ2n) is 5.95. The Labute approximate surface area is 175 Å². The molecule has 0 aliphatic carbocycles. The first kappa shape index (κ1) is 27.3. The number of aliphatic imine (C=N–C) groups is 1. The Bertz CT molecular complexity index is 762. The summed E-state index contributed by atoms with van der Waals surface area (Å²) < 4.78 is 66.2. The first-order chi connectivity index (χ1) is 10.6. The maximum Gasteiger partial charge on any atom is 0.200 e. The Balaban J connectivity index is 0. The number of nitrogens with zero attached hydrogens (tertiary/aromatic N) is 1. The predicted octanol–water partition coefficient (Wildman–Crippen LogP) is 6.07. The molecule has 2 rings (SSSR count). The summed E-state index contributed by atoms with van der Waals surface area (Å²) >= 11 is 0. The van der Waals surface area contributed by atoms with E-state index in [4.69, 9.17) is 0 Å². The Morgan fingerprint density at radius 2 is 1.31 bits per heavy atom. The average Bonchev–Trinajstić information content (AvgIpc) is 2.50. The minimum Gasteiger partial charge on any atom is -0.299 e. The summed E-state index contributed by atoms with van der Waals surface area (Å²) in [7, 11) is 0. The molecule has 0 unspecified atom stereocenters. The number of halogens is 7. The van der Waals surface area contributed by atoms with Gasteiger partial charge in [0.15, 0.2) is 23.3 Å². The van der Waals surface area contributed by atoms with Gasteiger partial charge in [0.1, 0.15) is 5.69 Å². The predicted molar refractivity (Wildman–Crippen MR) is 92.0 cm³/mol. The van der Waals surface area contributed by atoms with Gasteiger partial charge in [0, 0.05) is 21.7 Å². The number of hydrogen-bond donors (Lipinski definition) is 0. The molecule has 0 heterocycles. The molecule has 2 aromatic carbocycles. The normalized spacial score (nSPS) is 10.8. The van der Waals surface area contributed by atoms with Gasteiger partial charge in [-0.3, -0.25) is 4.99 Å². The molecule has 0 N–H and O–H groups in total. The van der Waals surface area contributed by atoms with Crippen LogP contribution in [-0.4, -0.2) is 6.21 Å². The zero-order valence-corrected chi connectivity index (χ0v) is 17.2. The van der Waals surface area contributed by atoms with Gasteiger partial charge in [-0.15, -0.1) is 60.2 Å². The second kappa shape index (κ2) is 10.4. The smallest absolute Gasteiger partial charge is 0.200 e. The molecular formula is C17H15Cl2F5NTi-. The SMILES string of the molecule is CC(C)(C)c1[c-]c(C=Nc2c(F)c(F)c(F)c(F)c2F)ccc1.Cl.Cl.[Ti]. The zero-order valence-electron chi connectivity index (χ0n) is 14.0. The standard InChI is InChI=1S/C17H13F5N.2ClH.Ti/c1-17(2,3)10-6-4-5-9(7-10)8-23-16-14(21)12(19)11(18)13(20)15(16)22;;;/h4-6,8H,1-3H3;2*1H;/q-1;;;. The summed E-state index contributed by atoms with van der Waals surface area (Å²) in [6.07, 6.45) is 1.01. The van der Waals surface area contributed by atoms with Gasteiger partial charge < -0.3 is 0 Å². The first-order valence-electron chi connectivity index (χ1n) is 6.71. The third kappa shape index (κ3) is 5.78. The van der Waals surface area contributed by atoms with E-state index in [2.05, 4.69) is 11.1 Å². The van der Waals surface area contributed by atoms with Crippen molar-refractivity contribution in [1.29, 1.82) is 0 Å². The monoisotopic (exact) mass is 446 g/mol. The van der Waals surface area contributed by atoms with Gasteiger partial charge in [-0.05, 0) is 11.6 Å². The second-order valence-corrected chi connectivity index (χ2v) is 5.95. The summed E-state index contributed by atoms with van der Waals surface area (Å²) in [5.74, 6) is -10.2. The fourth-order valence-corrected chi connectivity index (χ4v) is 1.84. The van der Waals surface area contributed by atoms with Crippen LogP contribution in [0.3, 0.4) is 0 Å². The van der Waals surface area contributed by atoms with Crippen LogP contribution in [0.1, 0.15) is 31.9 Å². The zero-order chi connectivity index (χ0) is 17.4. The van der Waals surface area contributed by atoms with Crippen molar-refractivity contribution in [2.45, 2.75) is 26.2 Å². The molecule has 0 atom stereocenters. The molecule has 26 heavy (non-hydrogen) atoms. The summed E-state index contributed by atoms with van der Waals surface area (Å²) in [5, 5.41) is 0. The van der Waals surface area contributed by atoms with Gasteiger partial charge in [0.2, 0.25) is 5.82 Å². The molecule has 0 bridgehead atoms. The molecule has 0 saturated heterocycles. The molecule has 142 valence electrons. The molecule has 2 aromatic rings. The van der Waals surface area contributed by atoms with Crippen LogP contribution in [0.4, 0.5) is 27.6 Å². The topological polar surface area (TPSA) is 12.4 Å². The van der Waals surface area contributed by atoms with E-state index in [1.165, 1.54) is 0 Å². The van der Waals surface area contributed by atoms with Crippen molar-refractivity contribution in [2.24, 2.45) is 4.99 Å².